The minimum Gasteiger partial charge on any atom is -0.459 e. The smallest absolute Gasteiger partial charge is 0.416 e. The number of hydrogen-bond acceptors (Lipinski definition) is 10. The molecule has 1 spiro atoms. The van der Waals surface area contributed by atoms with E-state index in [1.165, 1.54) is 39.6 Å². The number of esters is 1. The summed E-state index contributed by atoms with van der Waals surface area (Å²) in [4.78, 5) is 26.5. The largest absolute Gasteiger partial charge is 0.459 e. The average molecular weight is 779 g/mol. The van der Waals surface area contributed by atoms with Gasteiger partial charge >= 0.3 is 22.4 Å². The van der Waals surface area contributed by atoms with E-state index in [-0.39, 0.29) is 29.5 Å². The van der Waals surface area contributed by atoms with Gasteiger partial charge < -0.3 is 14.4 Å². The van der Waals surface area contributed by atoms with Crippen LogP contribution in [0.2, 0.25) is 0 Å². The Labute approximate surface area is 316 Å². The number of hydrogen-bond donors (Lipinski definition) is 0. The Morgan fingerprint density at radius 1 is 1.05 bits per heavy atom. The summed E-state index contributed by atoms with van der Waals surface area (Å²) in [6.45, 7) is 5.46. The van der Waals surface area contributed by atoms with Gasteiger partial charge in [-0.25, -0.2) is 23.3 Å². The van der Waals surface area contributed by atoms with Crippen molar-refractivity contribution >= 4 is 27.6 Å². The van der Waals surface area contributed by atoms with Crippen molar-refractivity contribution in [2.75, 3.05) is 58.4 Å². The summed E-state index contributed by atoms with van der Waals surface area (Å²) in [6, 6.07) is 14.9. The van der Waals surface area contributed by atoms with E-state index in [0.717, 1.165) is 40.3 Å². The first kappa shape index (κ1) is 37.1. The molecule has 1 aliphatic carbocycles. The van der Waals surface area contributed by atoms with Gasteiger partial charge in [-0.05, 0) is 55.2 Å². The maximum Gasteiger partial charge on any atom is 0.416 e. The van der Waals surface area contributed by atoms with E-state index >= 15 is 0 Å². The summed E-state index contributed by atoms with van der Waals surface area (Å²) in [7, 11) is -1.00. The summed E-state index contributed by atoms with van der Waals surface area (Å²) >= 11 is 0. The molecule has 8 rings (SSSR count). The van der Waals surface area contributed by atoms with Crippen molar-refractivity contribution in [2.45, 2.75) is 45.0 Å². The number of alkyl halides is 3. The van der Waals surface area contributed by atoms with Gasteiger partial charge in [-0.2, -0.15) is 25.9 Å². The number of aromatic nitrogens is 5. The molecule has 2 aliphatic heterocycles. The molecule has 5 aromatic rings. The Morgan fingerprint density at radius 3 is 2.47 bits per heavy atom. The van der Waals surface area contributed by atoms with E-state index in [4.69, 9.17) is 19.6 Å². The van der Waals surface area contributed by atoms with Crippen LogP contribution in [0.4, 0.5) is 19.0 Å². The first-order valence-corrected chi connectivity index (χ1v) is 19.5. The van der Waals surface area contributed by atoms with Crippen LogP contribution in [0.5, 0.6) is 0 Å². The lowest BCUT2D eigenvalue weighted by Crippen LogP contribution is -2.63. The van der Waals surface area contributed by atoms with Gasteiger partial charge in [0.05, 0.1) is 47.0 Å². The van der Waals surface area contributed by atoms with E-state index in [0.29, 0.717) is 78.1 Å². The normalized spacial score (nSPS) is 17.8. The fourth-order valence-electron chi connectivity index (χ4n) is 7.93. The van der Waals surface area contributed by atoms with Crippen LogP contribution in [0.25, 0.3) is 16.9 Å². The lowest BCUT2D eigenvalue weighted by Gasteiger charge is -2.58. The van der Waals surface area contributed by atoms with E-state index in [1.807, 2.05) is 12.1 Å². The zero-order valence-electron chi connectivity index (χ0n) is 30.7. The minimum atomic E-state index is -4.52. The number of fused-ring (bicyclic) bond motifs is 1. The van der Waals surface area contributed by atoms with Crippen molar-refractivity contribution in [2.24, 2.45) is 5.41 Å². The number of ether oxygens (including phenoxy) is 2. The lowest BCUT2D eigenvalue weighted by atomic mass is 9.61. The monoisotopic (exact) mass is 778 g/mol. The number of likely N-dealkylation sites (tertiary alicyclic amines) is 1. The standard InChI is InChI=1S/C38H41F3N8O5S/c1-25-27(10-7-11-30(25)38(39,40)41)16-33-32(20-46-22-37(23-46)18-28(19-37)54-36(50)26-8-5-4-6-9-26)43-35-29(31-21-48(24-42-31)55(51,52)45(2)3)17-34(44-49(33)35)47-12-14-53-15-13-47/h4-11,17,21,24,28H,12-16,18-20,22-23H2,1-3H3. The van der Waals surface area contributed by atoms with Gasteiger partial charge in [0.15, 0.2) is 11.5 Å². The summed E-state index contributed by atoms with van der Waals surface area (Å²) in [6.07, 6.45) is -0.417. The molecule has 0 radical (unpaired) electrons. The van der Waals surface area contributed by atoms with E-state index in [1.54, 1.807) is 34.8 Å². The van der Waals surface area contributed by atoms with Crippen LogP contribution in [-0.4, -0.2) is 107 Å². The molecule has 17 heteroatoms. The molecule has 2 aromatic carbocycles. The van der Waals surface area contributed by atoms with Gasteiger partial charge in [0.2, 0.25) is 0 Å². The number of carbonyl (C=O) groups is 1. The Hall–Kier alpha value is -4.84. The molecule has 13 nitrogen and oxygen atoms in total. The molecule has 3 fully saturated rings. The molecular weight excluding hydrogens is 738 g/mol. The third kappa shape index (κ3) is 7.09. The molecule has 290 valence electrons. The van der Waals surface area contributed by atoms with Crippen LogP contribution < -0.4 is 4.90 Å². The molecule has 3 aromatic heterocycles. The highest BCUT2D eigenvalue weighted by molar-refractivity contribution is 7.87. The fourth-order valence-corrected chi connectivity index (χ4v) is 8.70. The summed E-state index contributed by atoms with van der Waals surface area (Å²) in [5.41, 5.74) is 2.99. The van der Waals surface area contributed by atoms with Gasteiger partial charge in [-0.1, -0.05) is 30.3 Å². The Morgan fingerprint density at radius 2 is 1.78 bits per heavy atom. The predicted molar refractivity (Wildman–Crippen MR) is 197 cm³/mol. The summed E-state index contributed by atoms with van der Waals surface area (Å²) in [5.74, 6) is 0.245. The van der Waals surface area contributed by atoms with E-state index in [9.17, 15) is 26.4 Å². The van der Waals surface area contributed by atoms with Crippen molar-refractivity contribution < 1.29 is 35.9 Å². The maximum atomic E-state index is 14.1. The number of nitrogens with zero attached hydrogens (tertiary/aromatic N) is 8. The van der Waals surface area contributed by atoms with Crippen LogP contribution >= 0.6 is 0 Å². The van der Waals surface area contributed by atoms with Crippen molar-refractivity contribution in [1.82, 2.24) is 32.8 Å². The second-order valence-electron chi connectivity index (χ2n) is 14.8. The molecule has 0 unspecified atom stereocenters. The van der Waals surface area contributed by atoms with Crippen LogP contribution in [0.1, 0.15) is 51.3 Å². The number of anilines is 1. The van der Waals surface area contributed by atoms with Gasteiger partial charge in [0.1, 0.15) is 12.4 Å². The van der Waals surface area contributed by atoms with Crippen LogP contribution in [-0.2, 0) is 38.8 Å². The van der Waals surface area contributed by atoms with Crippen LogP contribution in [0.3, 0.4) is 0 Å². The van der Waals surface area contributed by atoms with Gasteiger partial charge in [0, 0.05) is 64.9 Å². The third-order valence-electron chi connectivity index (χ3n) is 10.9. The number of morpholine rings is 1. The Balaban J connectivity index is 1.15. The lowest BCUT2D eigenvalue weighted by molar-refractivity contribution is -0.138. The molecule has 3 aliphatic rings. The van der Waals surface area contributed by atoms with Crippen molar-refractivity contribution in [3.8, 4) is 11.3 Å². The Bertz CT molecular complexity index is 2340. The van der Waals surface area contributed by atoms with Crippen molar-refractivity contribution in [1.29, 1.82) is 0 Å². The van der Waals surface area contributed by atoms with Crippen LogP contribution in [0, 0.1) is 12.3 Å². The fraction of sp³-hybridized carbons (Fsp3) is 0.421. The van der Waals surface area contributed by atoms with Gasteiger partial charge in [-0.15, -0.1) is 5.10 Å². The van der Waals surface area contributed by atoms with Crippen LogP contribution in [0.15, 0.2) is 67.1 Å². The summed E-state index contributed by atoms with van der Waals surface area (Å²) in [5, 5.41) is 5.03. The molecule has 55 heavy (non-hydrogen) atoms. The zero-order valence-corrected chi connectivity index (χ0v) is 31.5. The number of halogens is 3. The topological polar surface area (TPSA) is 127 Å². The minimum absolute atomic E-state index is 0.0102. The first-order valence-electron chi connectivity index (χ1n) is 18.1. The molecule has 5 heterocycles. The predicted octanol–water partition coefficient (Wildman–Crippen LogP) is 4.82. The number of benzene rings is 2. The van der Waals surface area contributed by atoms with Crippen molar-refractivity contribution in [3.05, 3.63) is 101 Å². The number of rotatable bonds is 10. The zero-order chi connectivity index (χ0) is 38.7. The summed E-state index contributed by atoms with van der Waals surface area (Å²) < 4.78 is 83.4. The van der Waals surface area contributed by atoms with E-state index < -0.39 is 21.9 Å². The quantitative estimate of drug-likeness (QED) is 0.182. The molecule has 0 N–H and O–H groups in total. The van der Waals surface area contributed by atoms with Gasteiger partial charge in [0.25, 0.3) is 0 Å². The first-order chi connectivity index (χ1) is 26.2. The number of carbonyl (C=O) groups excluding carboxylic acids is 1. The molecule has 0 amide bonds. The highest BCUT2D eigenvalue weighted by Crippen LogP contribution is 2.50. The molecule has 2 saturated heterocycles. The number of imidazole rings is 2. The average Bonchev–Trinajstić information content (AvgIpc) is 3.76. The maximum absolute atomic E-state index is 14.1. The Kier molecular flexibility index (Phi) is 9.46. The third-order valence-corrected chi connectivity index (χ3v) is 12.5. The molecule has 0 atom stereocenters. The molecule has 1 saturated carbocycles. The highest BCUT2D eigenvalue weighted by atomic mass is 32.2. The molecule has 0 bridgehead atoms. The van der Waals surface area contributed by atoms with E-state index in [2.05, 4.69) is 14.8 Å². The highest BCUT2D eigenvalue weighted by Gasteiger charge is 2.54. The van der Waals surface area contributed by atoms with Crippen molar-refractivity contribution in [3.63, 3.8) is 0 Å². The second kappa shape index (κ2) is 14.0. The second-order valence-corrected chi connectivity index (χ2v) is 16.9. The SMILES string of the molecule is Cc1c(Cc2c(CN3CC4(CC(OC(=O)c5ccccc5)C4)C3)nc3c(-c4cn(S(=O)(=O)N(C)C)cn4)cc(N4CCOCC4)nn23)cccc1C(F)(F)F. The van der Waals surface area contributed by atoms with Gasteiger partial charge in [-0.3, -0.25) is 4.90 Å². The molecular formula is C38H41F3N8O5S.